The first-order chi connectivity index (χ1) is 14.3. The number of thiophene rings is 1. The van der Waals surface area contributed by atoms with Gasteiger partial charge in [0.2, 0.25) is 0 Å². The third-order valence-corrected chi connectivity index (χ3v) is 6.66. The Hall–Kier alpha value is -2.81. The van der Waals surface area contributed by atoms with Crippen molar-refractivity contribution < 1.29 is 23.2 Å². The van der Waals surface area contributed by atoms with Crippen LogP contribution in [-0.4, -0.2) is 46.3 Å². The molecule has 2 fully saturated rings. The summed E-state index contributed by atoms with van der Waals surface area (Å²) in [5, 5.41) is 6.63. The molecule has 1 unspecified atom stereocenters. The van der Waals surface area contributed by atoms with Crippen LogP contribution < -0.4 is 5.32 Å². The third-order valence-electron chi connectivity index (χ3n) is 5.93. The van der Waals surface area contributed by atoms with Crippen LogP contribution in [0.15, 0.2) is 35.0 Å². The average molecular weight is 433 g/mol. The predicted molar refractivity (Wildman–Crippen MR) is 107 cm³/mol. The smallest absolute Gasteiger partial charge is 0.325 e. The second kappa shape index (κ2) is 7.79. The summed E-state index contributed by atoms with van der Waals surface area (Å²) in [4.78, 5) is 40.9. The van der Waals surface area contributed by atoms with Crippen LogP contribution in [0.4, 0.5) is 13.6 Å². The number of rotatable bonds is 4. The van der Waals surface area contributed by atoms with Crippen molar-refractivity contribution in [1.29, 1.82) is 0 Å². The maximum absolute atomic E-state index is 13.4. The normalized spacial score (nSPS) is 22.5. The van der Waals surface area contributed by atoms with Crippen LogP contribution in [0.25, 0.3) is 0 Å². The maximum Gasteiger partial charge on any atom is 0.325 e. The highest BCUT2D eigenvalue weighted by Crippen LogP contribution is 2.34. The van der Waals surface area contributed by atoms with Crippen LogP contribution in [0.1, 0.15) is 35.7 Å². The minimum atomic E-state index is -1.03. The van der Waals surface area contributed by atoms with Gasteiger partial charge in [-0.1, -0.05) is 0 Å². The fourth-order valence-corrected chi connectivity index (χ4v) is 4.88. The molecular formula is C21H21F2N3O3S. The largest absolute Gasteiger partial charge is 0.339 e. The van der Waals surface area contributed by atoms with E-state index in [1.165, 1.54) is 21.1 Å². The van der Waals surface area contributed by atoms with Crippen molar-refractivity contribution in [2.24, 2.45) is 5.92 Å². The Morgan fingerprint density at radius 1 is 1.20 bits per heavy atom. The number of amides is 4. The molecule has 4 rings (SSSR count). The molecular weight excluding hydrogens is 412 g/mol. The summed E-state index contributed by atoms with van der Waals surface area (Å²) in [6.07, 6.45) is 0.997. The van der Waals surface area contributed by atoms with Crippen molar-refractivity contribution in [2.45, 2.75) is 31.8 Å². The molecule has 158 valence electrons. The van der Waals surface area contributed by atoms with Crippen LogP contribution in [0.2, 0.25) is 0 Å². The lowest BCUT2D eigenvalue weighted by Crippen LogP contribution is -2.54. The zero-order valence-electron chi connectivity index (χ0n) is 16.4. The van der Waals surface area contributed by atoms with Gasteiger partial charge in [-0.25, -0.2) is 13.6 Å². The fraction of sp³-hybridized carbons (Fsp3) is 0.381. The highest BCUT2D eigenvalue weighted by Gasteiger charge is 2.52. The number of carbonyl (C=O) groups excluding carboxylic acids is 3. The monoisotopic (exact) mass is 433 g/mol. The van der Waals surface area contributed by atoms with Crippen LogP contribution in [-0.2, 0) is 11.3 Å². The second-order valence-electron chi connectivity index (χ2n) is 7.88. The zero-order valence-corrected chi connectivity index (χ0v) is 17.2. The highest BCUT2D eigenvalue weighted by molar-refractivity contribution is 7.07. The minimum absolute atomic E-state index is 0.0376. The topological polar surface area (TPSA) is 69.7 Å². The van der Waals surface area contributed by atoms with E-state index in [1.807, 2.05) is 16.8 Å². The molecule has 6 nitrogen and oxygen atoms in total. The van der Waals surface area contributed by atoms with E-state index in [9.17, 15) is 23.2 Å². The van der Waals surface area contributed by atoms with Crippen LogP contribution in [0, 0.1) is 17.6 Å². The van der Waals surface area contributed by atoms with Crippen LogP contribution >= 0.6 is 11.3 Å². The average Bonchev–Trinajstić information content (AvgIpc) is 3.30. The van der Waals surface area contributed by atoms with E-state index in [4.69, 9.17) is 0 Å². The molecule has 0 saturated carbocycles. The lowest BCUT2D eigenvalue weighted by Gasteiger charge is -2.39. The molecule has 1 atom stereocenters. The molecule has 1 N–H and O–H groups in total. The van der Waals surface area contributed by atoms with Gasteiger partial charge in [0.1, 0.15) is 17.2 Å². The van der Waals surface area contributed by atoms with Gasteiger partial charge in [0.15, 0.2) is 0 Å². The first-order valence-electron chi connectivity index (χ1n) is 9.68. The van der Waals surface area contributed by atoms with Gasteiger partial charge in [-0.05, 0) is 60.2 Å². The number of likely N-dealkylation sites (tertiary alicyclic amines) is 1. The fourth-order valence-electron chi connectivity index (χ4n) is 4.22. The number of hydrogen-bond acceptors (Lipinski definition) is 4. The number of urea groups is 1. The molecule has 0 aliphatic carbocycles. The van der Waals surface area contributed by atoms with E-state index in [0.717, 1.165) is 23.8 Å². The number of halogens is 2. The molecule has 1 aromatic heterocycles. The summed E-state index contributed by atoms with van der Waals surface area (Å²) in [6, 6.07) is 4.21. The van der Waals surface area contributed by atoms with Crippen LogP contribution in [0.5, 0.6) is 0 Å². The van der Waals surface area contributed by atoms with Gasteiger partial charge >= 0.3 is 6.03 Å². The predicted octanol–water partition coefficient (Wildman–Crippen LogP) is 3.39. The summed E-state index contributed by atoms with van der Waals surface area (Å²) in [5.41, 5.74) is -0.174. The molecule has 4 amide bonds. The number of imide groups is 1. The number of piperidine rings is 1. The van der Waals surface area contributed by atoms with Crippen molar-refractivity contribution in [2.75, 3.05) is 13.1 Å². The molecule has 30 heavy (non-hydrogen) atoms. The zero-order chi connectivity index (χ0) is 21.5. The van der Waals surface area contributed by atoms with Gasteiger partial charge in [-0.2, -0.15) is 11.3 Å². The van der Waals surface area contributed by atoms with E-state index in [2.05, 4.69) is 5.32 Å². The molecule has 0 spiro atoms. The van der Waals surface area contributed by atoms with E-state index < -0.39 is 29.1 Å². The van der Waals surface area contributed by atoms with E-state index in [1.54, 1.807) is 6.92 Å². The van der Waals surface area contributed by atoms with Gasteiger partial charge < -0.3 is 10.2 Å². The van der Waals surface area contributed by atoms with Gasteiger partial charge in [0.25, 0.3) is 11.8 Å². The Kier molecular flexibility index (Phi) is 5.31. The van der Waals surface area contributed by atoms with Gasteiger partial charge in [-0.15, -0.1) is 0 Å². The summed E-state index contributed by atoms with van der Waals surface area (Å²) in [5.74, 6) is -2.46. The number of nitrogens with zero attached hydrogens (tertiary/aromatic N) is 2. The van der Waals surface area contributed by atoms with Crippen LogP contribution in [0.3, 0.4) is 0 Å². The quantitative estimate of drug-likeness (QED) is 0.752. The van der Waals surface area contributed by atoms with E-state index in [-0.39, 0.29) is 23.9 Å². The third kappa shape index (κ3) is 3.69. The first kappa shape index (κ1) is 20.5. The van der Waals surface area contributed by atoms with Crippen molar-refractivity contribution in [3.8, 4) is 0 Å². The standard InChI is InChI=1S/C21H21F2N3O3S/c1-21(19(28)26(20(29)24-21)11-13-4-7-30-12-13)15-2-5-25(6-3-15)18(27)14-8-16(22)10-17(23)9-14/h4,7-10,12,15H,2-3,5-6,11H2,1H3,(H,24,29). The summed E-state index contributed by atoms with van der Waals surface area (Å²) in [7, 11) is 0. The SMILES string of the molecule is CC1(C2CCN(C(=O)c3cc(F)cc(F)c3)CC2)NC(=O)N(Cc2ccsc2)C1=O. The van der Waals surface area contributed by atoms with Gasteiger partial charge in [0, 0.05) is 24.7 Å². The van der Waals surface area contributed by atoms with E-state index in [0.29, 0.717) is 25.9 Å². The second-order valence-corrected chi connectivity index (χ2v) is 8.66. The first-order valence-corrected chi connectivity index (χ1v) is 10.6. The minimum Gasteiger partial charge on any atom is -0.339 e. The lowest BCUT2D eigenvalue weighted by molar-refractivity contribution is -0.133. The Balaban J connectivity index is 1.42. The molecule has 0 radical (unpaired) electrons. The molecule has 3 heterocycles. The van der Waals surface area contributed by atoms with Gasteiger partial charge in [-0.3, -0.25) is 14.5 Å². The number of benzene rings is 1. The van der Waals surface area contributed by atoms with Crippen molar-refractivity contribution >= 4 is 29.2 Å². The molecule has 0 bridgehead atoms. The number of hydrogen-bond donors (Lipinski definition) is 1. The van der Waals surface area contributed by atoms with Gasteiger partial charge in [0.05, 0.1) is 6.54 Å². The summed E-state index contributed by atoms with van der Waals surface area (Å²) >= 11 is 1.50. The van der Waals surface area contributed by atoms with Crippen molar-refractivity contribution in [1.82, 2.24) is 15.1 Å². The maximum atomic E-state index is 13.4. The van der Waals surface area contributed by atoms with Crippen molar-refractivity contribution in [3.63, 3.8) is 0 Å². The summed E-state index contributed by atoms with van der Waals surface area (Å²) in [6.45, 7) is 2.63. The van der Waals surface area contributed by atoms with E-state index >= 15 is 0 Å². The molecule has 2 aromatic rings. The Bertz CT molecular complexity index is 969. The number of carbonyl (C=O) groups is 3. The van der Waals surface area contributed by atoms with Crippen molar-refractivity contribution in [3.05, 3.63) is 57.8 Å². The highest BCUT2D eigenvalue weighted by atomic mass is 32.1. The molecule has 2 saturated heterocycles. The number of nitrogens with one attached hydrogen (secondary N) is 1. The Morgan fingerprint density at radius 2 is 1.87 bits per heavy atom. The summed E-state index contributed by atoms with van der Waals surface area (Å²) < 4.78 is 26.9. The molecule has 2 aliphatic rings. The molecule has 2 aliphatic heterocycles. The molecule has 9 heteroatoms. The lowest BCUT2D eigenvalue weighted by atomic mass is 9.78. The molecule has 1 aromatic carbocycles. The Labute approximate surface area is 176 Å². The Morgan fingerprint density at radius 3 is 2.47 bits per heavy atom.